The van der Waals surface area contributed by atoms with Gasteiger partial charge in [-0.3, -0.25) is 9.59 Å². The van der Waals surface area contributed by atoms with Crippen LogP contribution < -0.4 is 0 Å². The second kappa shape index (κ2) is 13.5. The fourth-order valence-electron chi connectivity index (χ4n) is 5.73. The number of imidazole rings is 1. The third-order valence-corrected chi connectivity index (χ3v) is 7.90. The molecule has 0 saturated heterocycles. The van der Waals surface area contributed by atoms with Gasteiger partial charge in [-0.1, -0.05) is 31.6 Å². The molecule has 0 spiro atoms. The Kier molecular flexibility index (Phi) is 10.6. The van der Waals surface area contributed by atoms with Gasteiger partial charge in [0.1, 0.15) is 12.2 Å². The van der Waals surface area contributed by atoms with Gasteiger partial charge in [-0.2, -0.15) is 0 Å². The molecular formula is C32H46N2O6. The number of nitrogens with zero attached hydrogens (tertiary/aromatic N) is 2. The number of aryl methyl sites for hydroxylation is 1. The van der Waals surface area contributed by atoms with Crippen molar-refractivity contribution in [3.8, 4) is 0 Å². The first-order valence-corrected chi connectivity index (χ1v) is 14.3. The monoisotopic (exact) mass is 554 g/mol. The van der Waals surface area contributed by atoms with Crippen molar-refractivity contribution >= 4 is 24.0 Å². The van der Waals surface area contributed by atoms with E-state index < -0.39 is 29.6 Å². The lowest BCUT2D eigenvalue weighted by atomic mass is 9.64. The maximum Gasteiger partial charge on any atom is 0.331 e. The van der Waals surface area contributed by atoms with Crippen molar-refractivity contribution in [3.05, 3.63) is 48.1 Å². The fraction of sp³-hybridized carbons (Fsp3) is 0.625. The molecule has 40 heavy (non-hydrogen) atoms. The molecule has 0 unspecified atom stereocenters. The molecule has 6 atom stereocenters. The number of ether oxygens (including phenoxy) is 3. The Morgan fingerprint density at radius 2 is 1.82 bits per heavy atom. The quantitative estimate of drug-likeness (QED) is 0.189. The molecule has 1 aromatic heterocycles. The van der Waals surface area contributed by atoms with Gasteiger partial charge in [0.2, 0.25) is 0 Å². The Bertz CT molecular complexity index is 1140. The lowest BCUT2D eigenvalue weighted by molar-refractivity contribution is -0.172. The van der Waals surface area contributed by atoms with Crippen molar-refractivity contribution in [3.63, 3.8) is 0 Å². The van der Waals surface area contributed by atoms with Crippen LogP contribution in [-0.4, -0.2) is 45.8 Å². The van der Waals surface area contributed by atoms with Crippen LogP contribution in [0.15, 0.2) is 42.4 Å². The molecule has 3 rings (SSSR count). The van der Waals surface area contributed by atoms with E-state index in [-0.39, 0.29) is 23.9 Å². The molecule has 220 valence electrons. The van der Waals surface area contributed by atoms with Crippen molar-refractivity contribution in [2.75, 3.05) is 0 Å². The summed E-state index contributed by atoms with van der Waals surface area (Å²) >= 11 is 0. The number of esters is 3. The number of aromatic nitrogens is 2. The normalized spacial score (nSPS) is 27.6. The van der Waals surface area contributed by atoms with Gasteiger partial charge in [-0.15, -0.1) is 0 Å². The highest BCUT2D eigenvalue weighted by Gasteiger charge is 2.42. The summed E-state index contributed by atoms with van der Waals surface area (Å²) in [6.45, 7) is 13.4. The molecule has 0 aliphatic heterocycles. The van der Waals surface area contributed by atoms with E-state index in [1.54, 1.807) is 18.5 Å². The van der Waals surface area contributed by atoms with E-state index in [1.165, 1.54) is 18.6 Å². The molecule has 0 saturated carbocycles. The van der Waals surface area contributed by atoms with Crippen LogP contribution in [0.5, 0.6) is 0 Å². The first-order chi connectivity index (χ1) is 18.7. The molecule has 0 aromatic carbocycles. The van der Waals surface area contributed by atoms with Crippen LogP contribution in [0.4, 0.5) is 0 Å². The minimum atomic E-state index is -0.734. The Hall–Kier alpha value is -3.16. The van der Waals surface area contributed by atoms with Crippen molar-refractivity contribution in [1.82, 2.24) is 9.55 Å². The Labute approximate surface area is 238 Å². The molecule has 0 radical (unpaired) electrons. The molecule has 1 heterocycles. The molecule has 0 fully saturated rings. The summed E-state index contributed by atoms with van der Waals surface area (Å²) in [4.78, 5) is 42.2. The van der Waals surface area contributed by atoms with Gasteiger partial charge in [0.25, 0.3) is 0 Å². The van der Waals surface area contributed by atoms with Crippen molar-refractivity contribution in [1.29, 1.82) is 0 Å². The molecular weight excluding hydrogens is 508 g/mol. The maximum atomic E-state index is 13.0. The highest BCUT2D eigenvalue weighted by atomic mass is 16.6. The number of hydrogen-bond acceptors (Lipinski definition) is 7. The summed E-state index contributed by atoms with van der Waals surface area (Å²) < 4.78 is 19.6. The van der Waals surface area contributed by atoms with Crippen LogP contribution in [0, 0.1) is 29.1 Å². The van der Waals surface area contributed by atoms with Crippen LogP contribution in [0.2, 0.25) is 0 Å². The maximum absolute atomic E-state index is 13.0. The molecule has 1 aromatic rings. The Morgan fingerprint density at radius 3 is 2.42 bits per heavy atom. The molecule has 8 nitrogen and oxygen atoms in total. The van der Waals surface area contributed by atoms with E-state index >= 15 is 0 Å². The SMILES string of the molecule is CC(=O)O[C@H]1C=CC[C@@H](OC(=O)/C=C/c2cn(C)cn2)C[C@H]2C(C)=CC[C@H](C(C)C)[C@H]2C[C@@H]1OC(=O)C(C)(C)C. The Balaban J connectivity index is 1.95. The van der Waals surface area contributed by atoms with Crippen LogP contribution in [-0.2, 0) is 35.6 Å². The number of allylic oxidation sites excluding steroid dienone is 2. The topological polar surface area (TPSA) is 96.7 Å². The van der Waals surface area contributed by atoms with Gasteiger partial charge < -0.3 is 18.8 Å². The number of rotatable bonds is 6. The largest absolute Gasteiger partial charge is 0.459 e. The van der Waals surface area contributed by atoms with Gasteiger partial charge in [0, 0.05) is 32.7 Å². The van der Waals surface area contributed by atoms with Gasteiger partial charge in [-0.05, 0) is 82.8 Å². The molecule has 8 heteroatoms. The van der Waals surface area contributed by atoms with Crippen LogP contribution in [0.25, 0.3) is 6.08 Å². The lowest BCUT2D eigenvalue weighted by Crippen LogP contribution is -2.43. The van der Waals surface area contributed by atoms with E-state index in [9.17, 15) is 14.4 Å². The first-order valence-electron chi connectivity index (χ1n) is 14.3. The highest BCUT2D eigenvalue weighted by Crippen LogP contribution is 2.45. The Morgan fingerprint density at radius 1 is 1.10 bits per heavy atom. The van der Waals surface area contributed by atoms with E-state index in [1.807, 2.05) is 44.7 Å². The van der Waals surface area contributed by atoms with E-state index in [4.69, 9.17) is 14.2 Å². The van der Waals surface area contributed by atoms with Crippen molar-refractivity contribution < 1.29 is 28.6 Å². The summed E-state index contributed by atoms with van der Waals surface area (Å²) in [5.41, 5.74) is 1.24. The second-order valence-electron chi connectivity index (χ2n) is 12.6. The third-order valence-electron chi connectivity index (χ3n) is 7.90. The summed E-state index contributed by atoms with van der Waals surface area (Å²) in [7, 11) is 1.87. The zero-order chi connectivity index (χ0) is 29.6. The second-order valence-corrected chi connectivity index (χ2v) is 12.6. The summed E-state index contributed by atoms with van der Waals surface area (Å²) in [5.74, 6) is -0.189. The van der Waals surface area contributed by atoms with Crippen molar-refractivity contribution in [2.45, 2.75) is 92.5 Å². The lowest BCUT2D eigenvalue weighted by Gasteiger charge is -2.43. The van der Waals surface area contributed by atoms with Gasteiger partial charge in [-0.25, -0.2) is 9.78 Å². The summed E-state index contributed by atoms with van der Waals surface area (Å²) in [6, 6.07) is 0. The predicted octanol–water partition coefficient (Wildman–Crippen LogP) is 5.83. The number of carbonyl (C=O) groups is 3. The molecule has 2 aliphatic rings. The molecule has 0 N–H and O–H groups in total. The third kappa shape index (κ3) is 8.67. The van der Waals surface area contributed by atoms with Gasteiger partial charge in [0.05, 0.1) is 17.4 Å². The van der Waals surface area contributed by atoms with E-state index in [0.717, 1.165) is 6.42 Å². The van der Waals surface area contributed by atoms with Gasteiger partial charge in [0.15, 0.2) is 6.10 Å². The molecule has 0 bridgehead atoms. The van der Waals surface area contributed by atoms with E-state index in [2.05, 4.69) is 31.8 Å². The van der Waals surface area contributed by atoms with Crippen LogP contribution >= 0.6 is 0 Å². The standard InChI is InChI=1S/C32H46N2O6/c1-20(2)25-14-12-21(3)26-16-24(39-30(36)15-13-23-18-34(8)19-33-23)10-9-11-28(38-22(4)35)29(17-27(25)26)40-31(37)32(5,6)7/h9,11-13,15,18-20,24-29H,10,14,16-17H2,1-8H3/b11-9?,15-13+/t24-,25-,26+,27-,28+,29+/m1/s1. The van der Waals surface area contributed by atoms with Crippen LogP contribution in [0.3, 0.4) is 0 Å². The minimum absolute atomic E-state index is 0.124. The molecule has 2 aliphatic carbocycles. The van der Waals surface area contributed by atoms with Crippen molar-refractivity contribution in [2.24, 2.45) is 36.1 Å². The molecule has 0 amide bonds. The number of carbonyl (C=O) groups excluding carboxylic acids is 3. The number of hydrogen-bond donors (Lipinski definition) is 0. The summed E-state index contributed by atoms with van der Waals surface area (Å²) in [6.07, 6.45) is 13.3. The smallest absolute Gasteiger partial charge is 0.331 e. The predicted molar refractivity (Wildman–Crippen MR) is 154 cm³/mol. The minimum Gasteiger partial charge on any atom is -0.459 e. The average Bonchev–Trinajstić information content (AvgIpc) is 3.27. The average molecular weight is 555 g/mol. The fourth-order valence-corrected chi connectivity index (χ4v) is 5.73. The van der Waals surface area contributed by atoms with Crippen LogP contribution in [0.1, 0.15) is 79.8 Å². The zero-order valence-electron chi connectivity index (χ0n) is 25.3. The highest BCUT2D eigenvalue weighted by molar-refractivity contribution is 5.86. The zero-order valence-corrected chi connectivity index (χ0v) is 25.3. The first kappa shape index (κ1) is 31.4. The number of fused-ring (bicyclic) bond motifs is 1. The van der Waals surface area contributed by atoms with E-state index in [0.29, 0.717) is 36.8 Å². The van der Waals surface area contributed by atoms with Gasteiger partial charge >= 0.3 is 17.9 Å². The summed E-state index contributed by atoms with van der Waals surface area (Å²) in [5, 5.41) is 0.